The summed E-state index contributed by atoms with van der Waals surface area (Å²) in [5.74, 6) is -0.669. The number of aliphatic hydroxyl groups is 1. The van der Waals surface area contributed by atoms with E-state index in [0.717, 1.165) is 41.5 Å². The van der Waals surface area contributed by atoms with Crippen LogP contribution in [0.3, 0.4) is 0 Å². The van der Waals surface area contributed by atoms with Gasteiger partial charge in [0.05, 0.1) is 31.5 Å². The first-order valence-electron chi connectivity index (χ1n) is 13.6. The third-order valence-corrected chi connectivity index (χ3v) is 7.97. The van der Waals surface area contributed by atoms with E-state index in [-0.39, 0.29) is 37.1 Å². The molecule has 5 rings (SSSR count). The predicted octanol–water partition coefficient (Wildman–Crippen LogP) is 4.01. The lowest BCUT2D eigenvalue weighted by Gasteiger charge is -2.29. The number of hydrogen-bond donors (Lipinski definition) is 2. The number of hydrogen-bond acceptors (Lipinski definition) is 6. The lowest BCUT2D eigenvalue weighted by molar-refractivity contribution is -0.123. The van der Waals surface area contributed by atoms with Crippen LogP contribution in [0, 0.1) is 0 Å². The Morgan fingerprint density at radius 1 is 1.02 bits per heavy atom. The fourth-order valence-electron chi connectivity index (χ4n) is 5.56. The van der Waals surface area contributed by atoms with E-state index in [2.05, 4.69) is 0 Å². The van der Waals surface area contributed by atoms with Crippen LogP contribution in [0.25, 0.3) is 11.1 Å². The van der Waals surface area contributed by atoms with Crippen LogP contribution in [-0.2, 0) is 33.7 Å². The summed E-state index contributed by atoms with van der Waals surface area (Å²) in [7, 11) is 0. The summed E-state index contributed by atoms with van der Waals surface area (Å²) >= 11 is 6.33. The molecule has 1 saturated heterocycles. The number of carbonyl (C=O) groups excluding carboxylic acids is 2. The summed E-state index contributed by atoms with van der Waals surface area (Å²) in [5.41, 5.74) is 9.32. The Kier molecular flexibility index (Phi) is 8.81. The van der Waals surface area contributed by atoms with Crippen molar-refractivity contribution < 1.29 is 24.2 Å². The molecule has 2 aliphatic heterocycles. The summed E-state index contributed by atoms with van der Waals surface area (Å²) in [6.45, 7) is 0.654. The second-order valence-corrected chi connectivity index (χ2v) is 11.0. The smallest absolute Gasteiger partial charge is 0.251 e. The molecule has 9 heteroatoms. The predicted molar refractivity (Wildman–Crippen MR) is 151 cm³/mol. The van der Waals surface area contributed by atoms with E-state index in [4.69, 9.17) is 26.8 Å². The molecule has 3 N–H and O–H groups in total. The van der Waals surface area contributed by atoms with Gasteiger partial charge in [0, 0.05) is 54.3 Å². The molecule has 1 amide bonds. The molecule has 2 aliphatic rings. The number of benzene rings is 2. The van der Waals surface area contributed by atoms with Crippen molar-refractivity contribution in [1.29, 1.82) is 0 Å². The van der Waals surface area contributed by atoms with E-state index < -0.39 is 18.1 Å². The highest BCUT2D eigenvalue weighted by Crippen LogP contribution is 2.34. The number of ketones is 1. The molecular formula is C31H33ClN2O6. The van der Waals surface area contributed by atoms with Crippen molar-refractivity contribution in [2.24, 2.45) is 5.73 Å². The SMILES string of the molecule is NC(=O)c1ccc(CC(=O)[C@H](C[C@@H]2CCCCO2)n2cc3c(cc2=O)-c2cc(Cl)ccc2C[C@@H](CO)OC3)cc1. The van der Waals surface area contributed by atoms with Gasteiger partial charge >= 0.3 is 0 Å². The van der Waals surface area contributed by atoms with Crippen molar-refractivity contribution in [3.8, 4) is 11.1 Å². The average Bonchev–Trinajstić information content (AvgIpc) is 2.95. The number of fused-ring (bicyclic) bond motifs is 3. The maximum absolute atomic E-state index is 13.8. The number of amides is 1. The fraction of sp³-hybridized carbons (Fsp3) is 0.387. The van der Waals surface area contributed by atoms with E-state index in [9.17, 15) is 19.5 Å². The van der Waals surface area contributed by atoms with Gasteiger partial charge < -0.3 is 24.9 Å². The molecule has 0 aliphatic carbocycles. The largest absolute Gasteiger partial charge is 0.394 e. The summed E-state index contributed by atoms with van der Waals surface area (Å²) < 4.78 is 13.5. The molecule has 0 unspecified atom stereocenters. The maximum Gasteiger partial charge on any atom is 0.251 e. The number of halogens is 1. The number of aliphatic hydroxyl groups excluding tert-OH is 1. The minimum absolute atomic E-state index is 0.0848. The fourth-order valence-corrected chi connectivity index (χ4v) is 5.73. The number of Topliss-reactive ketones (excluding diaryl/α,β-unsaturated/α-hetero) is 1. The van der Waals surface area contributed by atoms with Crippen LogP contribution < -0.4 is 11.3 Å². The first-order valence-corrected chi connectivity index (χ1v) is 14.0. The van der Waals surface area contributed by atoms with E-state index in [1.807, 2.05) is 12.1 Å². The third-order valence-electron chi connectivity index (χ3n) is 7.74. The average molecular weight is 565 g/mol. The van der Waals surface area contributed by atoms with Crippen LogP contribution in [0.5, 0.6) is 0 Å². The molecule has 210 valence electrons. The quantitative estimate of drug-likeness (QED) is 0.426. The number of primary amides is 1. The summed E-state index contributed by atoms with van der Waals surface area (Å²) in [4.78, 5) is 38.9. The zero-order chi connectivity index (χ0) is 28.2. The monoisotopic (exact) mass is 564 g/mol. The minimum Gasteiger partial charge on any atom is -0.394 e. The number of carbonyl (C=O) groups is 2. The van der Waals surface area contributed by atoms with Crippen molar-refractivity contribution in [2.75, 3.05) is 13.2 Å². The van der Waals surface area contributed by atoms with Crippen molar-refractivity contribution in [2.45, 2.75) is 63.4 Å². The van der Waals surface area contributed by atoms with Crippen LogP contribution >= 0.6 is 11.6 Å². The lowest BCUT2D eigenvalue weighted by Crippen LogP contribution is -2.35. The second kappa shape index (κ2) is 12.5. The molecule has 0 spiro atoms. The summed E-state index contributed by atoms with van der Waals surface area (Å²) in [5, 5.41) is 10.4. The number of rotatable bonds is 8. The highest BCUT2D eigenvalue weighted by Gasteiger charge is 2.29. The Bertz CT molecular complexity index is 1450. The Labute approximate surface area is 237 Å². The molecular weight excluding hydrogens is 532 g/mol. The first-order chi connectivity index (χ1) is 19.3. The van der Waals surface area contributed by atoms with Crippen molar-refractivity contribution >= 4 is 23.3 Å². The van der Waals surface area contributed by atoms with Crippen LogP contribution in [0.4, 0.5) is 0 Å². The Hall–Kier alpha value is -3.30. The highest BCUT2D eigenvalue weighted by atomic mass is 35.5. The number of pyridine rings is 1. The number of nitrogens with zero attached hydrogens (tertiary/aromatic N) is 1. The standard InChI is InChI=1S/C31H33ClN2O6/c32-23-9-8-21-12-25(17-35)40-18-22-16-34(30(37)15-27(22)26(21)13-23)28(14-24-3-1-2-10-39-24)29(36)11-19-4-6-20(7-5-19)31(33)38/h4-9,13,15-16,24-25,28,35H,1-3,10-12,14,17-18H2,(H2,33,38)/t24-,25-,28-/m0/s1. The molecule has 3 heterocycles. The van der Waals surface area contributed by atoms with E-state index in [1.54, 1.807) is 42.6 Å². The minimum atomic E-state index is -0.755. The van der Waals surface area contributed by atoms with Crippen molar-refractivity contribution in [1.82, 2.24) is 4.57 Å². The molecule has 3 aromatic rings. The van der Waals surface area contributed by atoms with Crippen LogP contribution in [0.2, 0.25) is 5.02 Å². The zero-order valence-corrected chi connectivity index (χ0v) is 22.9. The van der Waals surface area contributed by atoms with Crippen molar-refractivity contribution in [3.05, 3.63) is 92.4 Å². The summed E-state index contributed by atoms with van der Waals surface area (Å²) in [6, 6.07) is 12.9. The number of nitrogens with two attached hydrogens (primary N) is 1. The Morgan fingerprint density at radius 2 is 1.80 bits per heavy atom. The van der Waals surface area contributed by atoms with E-state index in [1.165, 1.54) is 4.57 Å². The molecule has 40 heavy (non-hydrogen) atoms. The highest BCUT2D eigenvalue weighted by molar-refractivity contribution is 6.30. The molecule has 3 atom stereocenters. The third kappa shape index (κ3) is 6.36. The van der Waals surface area contributed by atoms with Gasteiger partial charge in [-0.25, -0.2) is 0 Å². The molecule has 0 saturated carbocycles. The van der Waals surface area contributed by atoms with Crippen LogP contribution in [0.15, 0.2) is 59.5 Å². The van der Waals surface area contributed by atoms with Gasteiger partial charge in [0.2, 0.25) is 5.91 Å². The summed E-state index contributed by atoms with van der Waals surface area (Å²) in [6.07, 6.45) is 4.92. The Balaban J connectivity index is 1.53. The molecule has 0 radical (unpaired) electrons. The first kappa shape index (κ1) is 28.2. The lowest BCUT2D eigenvalue weighted by atomic mass is 9.91. The van der Waals surface area contributed by atoms with Gasteiger partial charge in [0.25, 0.3) is 5.56 Å². The maximum atomic E-state index is 13.8. The van der Waals surface area contributed by atoms with Gasteiger partial charge in [0.1, 0.15) is 0 Å². The van der Waals surface area contributed by atoms with E-state index in [0.29, 0.717) is 35.6 Å². The normalized spacial score (nSPS) is 19.6. The van der Waals surface area contributed by atoms with Gasteiger partial charge in [-0.1, -0.05) is 29.8 Å². The second-order valence-electron chi connectivity index (χ2n) is 10.5. The molecule has 8 nitrogen and oxygen atoms in total. The topological polar surface area (TPSA) is 121 Å². The van der Waals surface area contributed by atoms with Gasteiger partial charge in [0.15, 0.2) is 5.78 Å². The van der Waals surface area contributed by atoms with E-state index >= 15 is 0 Å². The Morgan fingerprint density at radius 3 is 2.50 bits per heavy atom. The van der Waals surface area contributed by atoms with Crippen LogP contribution in [0.1, 0.15) is 58.8 Å². The van der Waals surface area contributed by atoms with Gasteiger partial charge in [-0.15, -0.1) is 0 Å². The van der Waals surface area contributed by atoms with Gasteiger partial charge in [-0.2, -0.15) is 0 Å². The zero-order valence-electron chi connectivity index (χ0n) is 22.2. The number of ether oxygens (including phenoxy) is 2. The molecule has 1 fully saturated rings. The number of aromatic nitrogens is 1. The van der Waals surface area contributed by atoms with Crippen molar-refractivity contribution in [3.63, 3.8) is 0 Å². The molecule has 1 aromatic heterocycles. The molecule has 0 bridgehead atoms. The molecule has 2 aromatic carbocycles. The van der Waals surface area contributed by atoms with Gasteiger partial charge in [-0.05, 0) is 65.8 Å². The van der Waals surface area contributed by atoms with Crippen LogP contribution in [-0.4, -0.2) is 46.8 Å². The van der Waals surface area contributed by atoms with Gasteiger partial charge in [-0.3, -0.25) is 14.4 Å².